The smallest absolute Gasteiger partial charge is 0.245 e. The fourth-order valence-corrected chi connectivity index (χ4v) is 3.86. The number of hydrogen-bond donors (Lipinski definition) is 1. The van der Waals surface area contributed by atoms with Gasteiger partial charge in [-0.25, -0.2) is 0 Å². The standard InChI is InChI=1S/C23H33N3O3/c1-6-8-19(26-17(5)13-16(4)25-26)23(27)24-22(15(2)3)18-9-10-20-21(14-18)29-12-7-11-28-20/h9-10,13-15,19,22H,6-8,11-12H2,1-5H3,(H,24,27)/t19-,22-/m1/s1. The van der Waals surface area contributed by atoms with E-state index in [-0.39, 0.29) is 23.9 Å². The normalized spacial score (nSPS) is 15.7. The molecule has 0 bridgehead atoms. The predicted octanol–water partition coefficient (Wildman–Crippen LogP) is 4.52. The molecule has 2 atom stereocenters. The van der Waals surface area contributed by atoms with Crippen LogP contribution in [0.4, 0.5) is 0 Å². The van der Waals surface area contributed by atoms with Crippen molar-refractivity contribution in [2.45, 2.75) is 66.0 Å². The van der Waals surface area contributed by atoms with Crippen LogP contribution in [0.1, 0.15) is 69.1 Å². The van der Waals surface area contributed by atoms with Crippen molar-refractivity contribution in [3.05, 3.63) is 41.2 Å². The van der Waals surface area contributed by atoms with Gasteiger partial charge in [-0.05, 0) is 49.9 Å². The van der Waals surface area contributed by atoms with Gasteiger partial charge in [-0.15, -0.1) is 0 Å². The average molecular weight is 400 g/mol. The molecule has 0 saturated heterocycles. The Morgan fingerprint density at radius 2 is 1.90 bits per heavy atom. The molecule has 3 rings (SSSR count). The van der Waals surface area contributed by atoms with Crippen LogP contribution >= 0.6 is 0 Å². The molecule has 158 valence electrons. The van der Waals surface area contributed by atoms with Gasteiger partial charge in [0.1, 0.15) is 6.04 Å². The SMILES string of the molecule is CCC[C@H](C(=O)N[C@@H](c1ccc2c(c1)OCCCO2)C(C)C)n1nc(C)cc1C. The van der Waals surface area contributed by atoms with Crippen LogP contribution in [0, 0.1) is 19.8 Å². The van der Waals surface area contributed by atoms with Crippen molar-refractivity contribution in [2.24, 2.45) is 5.92 Å². The van der Waals surface area contributed by atoms with Gasteiger partial charge < -0.3 is 14.8 Å². The van der Waals surface area contributed by atoms with Gasteiger partial charge in [0.2, 0.25) is 5.91 Å². The van der Waals surface area contributed by atoms with Crippen LogP contribution in [-0.2, 0) is 4.79 Å². The number of carbonyl (C=O) groups excluding carboxylic acids is 1. The minimum Gasteiger partial charge on any atom is -0.490 e. The number of amides is 1. The summed E-state index contributed by atoms with van der Waals surface area (Å²) >= 11 is 0. The van der Waals surface area contributed by atoms with Gasteiger partial charge in [-0.1, -0.05) is 33.3 Å². The quantitative estimate of drug-likeness (QED) is 0.744. The van der Waals surface area contributed by atoms with Crippen molar-refractivity contribution in [3.63, 3.8) is 0 Å². The summed E-state index contributed by atoms with van der Waals surface area (Å²) in [5.74, 6) is 1.76. The fraction of sp³-hybridized carbons (Fsp3) is 0.565. The number of benzene rings is 1. The van der Waals surface area contributed by atoms with Gasteiger partial charge in [0.25, 0.3) is 0 Å². The van der Waals surface area contributed by atoms with Crippen molar-refractivity contribution >= 4 is 5.91 Å². The first kappa shape index (κ1) is 21.2. The van der Waals surface area contributed by atoms with E-state index < -0.39 is 0 Å². The molecule has 1 amide bonds. The highest BCUT2D eigenvalue weighted by Crippen LogP contribution is 2.34. The third-order valence-electron chi connectivity index (χ3n) is 5.30. The lowest BCUT2D eigenvalue weighted by molar-refractivity contribution is -0.126. The van der Waals surface area contributed by atoms with Gasteiger partial charge in [-0.2, -0.15) is 5.10 Å². The van der Waals surface area contributed by atoms with E-state index in [1.165, 1.54) is 0 Å². The summed E-state index contributed by atoms with van der Waals surface area (Å²) in [6, 6.07) is 7.56. The van der Waals surface area contributed by atoms with Gasteiger partial charge in [0.15, 0.2) is 11.5 Å². The third kappa shape index (κ3) is 4.92. The minimum absolute atomic E-state index is 0.00358. The minimum atomic E-state index is -0.310. The Morgan fingerprint density at radius 1 is 1.17 bits per heavy atom. The van der Waals surface area contributed by atoms with E-state index in [2.05, 4.69) is 31.2 Å². The highest BCUT2D eigenvalue weighted by Gasteiger charge is 2.27. The van der Waals surface area contributed by atoms with E-state index in [0.29, 0.717) is 13.2 Å². The Hall–Kier alpha value is -2.50. The lowest BCUT2D eigenvalue weighted by Crippen LogP contribution is -2.38. The fourth-order valence-electron chi connectivity index (χ4n) is 3.86. The molecule has 0 aliphatic carbocycles. The Labute approximate surface area is 173 Å². The maximum Gasteiger partial charge on any atom is 0.245 e. The second-order valence-electron chi connectivity index (χ2n) is 8.16. The predicted molar refractivity (Wildman–Crippen MR) is 113 cm³/mol. The average Bonchev–Trinajstić information content (AvgIpc) is 2.88. The second-order valence-corrected chi connectivity index (χ2v) is 8.16. The lowest BCUT2D eigenvalue weighted by atomic mass is 9.95. The van der Waals surface area contributed by atoms with E-state index in [1.807, 2.05) is 42.8 Å². The molecule has 1 aliphatic rings. The van der Waals surface area contributed by atoms with E-state index in [9.17, 15) is 4.79 Å². The van der Waals surface area contributed by atoms with Crippen LogP contribution in [0.15, 0.2) is 24.3 Å². The van der Waals surface area contributed by atoms with Crippen LogP contribution in [0.2, 0.25) is 0 Å². The molecule has 0 radical (unpaired) electrons. The number of nitrogens with one attached hydrogen (secondary N) is 1. The summed E-state index contributed by atoms with van der Waals surface area (Å²) in [7, 11) is 0. The number of carbonyl (C=O) groups is 1. The van der Waals surface area contributed by atoms with Crippen LogP contribution in [0.3, 0.4) is 0 Å². The van der Waals surface area contributed by atoms with Crippen molar-refractivity contribution < 1.29 is 14.3 Å². The zero-order valence-corrected chi connectivity index (χ0v) is 18.2. The van der Waals surface area contributed by atoms with Crippen LogP contribution < -0.4 is 14.8 Å². The van der Waals surface area contributed by atoms with Crippen molar-refractivity contribution in [1.29, 1.82) is 0 Å². The zero-order valence-electron chi connectivity index (χ0n) is 18.2. The molecule has 2 heterocycles. The Morgan fingerprint density at radius 3 is 2.52 bits per heavy atom. The Balaban J connectivity index is 1.85. The number of nitrogens with zero attached hydrogens (tertiary/aromatic N) is 2. The number of rotatable bonds is 7. The second kappa shape index (κ2) is 9.33. The maximum atomic E-state index is 13.3. The number of ether oxygens (including phenoxy) is 2. The first-order valence-electron chi connectivity index (χ1n) is 10.6. The summed E-state index contributed by atoms with van der Waals surface area (Å²) in [6.45, 7) is 11.6. The number of aromatic nitrogens is 2. The van der Waals surface area contributed by atoms with Crippen LogP contribution in [0.5, 0.6) is 11.5 Å². The first-order valence-corrected chi connectivity index (χ1v) is 10.6. The lowest BCUT2D eigenvalue weighted by Gasteiger charge is -2.27. The molecule has 1 aromatic heterocycles. The van der Waals surface area contributed by atoms with E-state index >= 15 is 0 Å². The van der Waals surface area contributed by atoms with E-state index in [4.69, 9.17) is 9.47 Å². The van der Waals surface area contributed by atoms with E-state index in [0.717, 1.165) is 47.7 Å². The summed E-state index contributed by atoms with van der Waals surface area (Å²) in [5.41, 5.74) is 2.97. The molecule has 1 aromatic carbocycles. The summed E-state index contributed by atoms with van der Waals surface area (Å²) in [6.07, 6.45) is 2.53. The molecule has 29 heavy (non-hydrogen) atoms. The molecule has 0 unspecified atom stereocenters. The van der Waals surface area contributed by atoms with Crippen molar-refractivity contribution in [3.8, 4) is 11.5 Å². The highest BCUT2D eigenvalue weighted by molar-refractivity contribution is 5.80. The number of hydrogen-bond acceptors (Lipinski definition) is 4. The highest BCUT2D eigenvalue weighted by atomic mass is 16.5. The molecule has 0 fully saturated rings. The van der Waals surface area contributed by atoms with Crippen molar-refractivity contribution in [1.82, 2.24) is 15.1 Å². The maximum absolute atomic E-state index is 13.3. The first-order chi connectivity index (χ1) is 13.9. The van der Waals surface area contributed by atoms with Crippen LogP contribution in [0.25, 0.3) is 0 Å². The molecule has 0 spiro atoms. The Bertz CT molecular complexity index is 844. The Kier molecular flexibility index (Phi) is 6.83. The topological polar surface area (TPSA) is 65.4 Å². The molecule has 1 N–H and O–H groups in total. The van der Waals surface area contributed by atoms with Gasteiger partial charge in [0, 0.05) is 12.1 Å². The summed E-state index contributed by atoms with van der Waals surface area (Å²) < 4.78 is 13.5. The number of fused-ring (bicyclic) bond motifs is 1. The molecule has 6 heteroatoms. The molecule has 1 aliphatic heterocycles. The molecular formula is C23H33N3O3. The zero-order chi connectivity index (χ0) is 21.0. The molecule has 0 saturated carbocycles. The molecular weight excluding hydrogens is 366 g/mol. The van der Waals surface area contributed by atoms with Crippen molar-refractivity contribution in [2.75, 3.05) is 13.2 Å². The summed E-state index contributed by atoms with van der Waals surface area (Å²) in [5, 5.41) is 7.84. The van der Waals surface area contributed by atoms with Gasteiger partial charge in [-0.3, -0.25) is 9.48 Å². The molecule has 6 nitrogen and oxygen atoms in total. The largest absolute Gasteiger partial charge is 0.490 e. The van der Waals surface area contributed by atoms with Crippen LogP contribution in [-0.4, -0.2) is 28.9 Å². The third-order valence-corrected chi connectivity index (χ3v) is 5.30. The van der Waals surface area contributed by atoms with E-state index in [1.54, 1.807) is 0 Å². The summed E-state index contributed by atoms with van der Waals surface area (Å²) in [4.78, 5) is 13.3. The monoisotopic (exact) mass is 399 g/mol. The van der Waals surface area contributed by atoms with Gasteiger partial charge in [0.05, 0.1) is 24.9 Å². The van der Waals surface area contributed by atoms with Gasteiger partial charge >= 0.3 is 0 Å². The number of aryl methyl sites for hydroxylation is 2. The molecule has 2 aromatic rings.